The van der Waals surface area contributed by atoms with Gasteiger partial charge in [-0.15, -0.1) is 5.92 Å². The molecule has 0 atom stereocenters. The molecule has 1 nitrogen and oxygen atoms in total. The van der Waals surface area contributed by atoms with Gasteiger partial charge < -0.3 is 0 Å². The number of ketones is 1. The summed E-state index contributed by atoms with van der Waals surface area (Å²) in [6.07, 6.45) is 0.239. The zero-order chi connectivity index (χ0) is 10.6. The first-order chi connectivity index (χ1) is 6.63. The average molecular weight is 272 g/mol. The predicted molar refractivity (Wildman–Crippen MR) is 61.5 cm³/mol. The van der Waals surface area contributed by atoms with Crippen LogP contribution in [-0.2, 0) is 0 Å². The van der Waals surface area contributed by atoms with Gasteiger partial charge in [-0.3, -0.25) is 4.79 Å². The zero-order valence-corrected chi connectivity index (χ0v) is 9.95. The van der Waals surface area contributed by atoms with Crippen molar-refractivity contribution >= 4 is 33.3 Å². The Bertz CT molecular complexity index is 395. The quantitative estimate of drug-likeness (QED) is 0.592. The van der Waals surface area contributed by atoms with E-state index in [2.05, 4.69) is 27.8 Å². The fourth-order valence-corrected chi connectivity index (χ4v) is 1.85. The Morgan fingerprint density at radius 2 is 2.21 bits per heavy atom. The fourth-order valence-electron chi connectivity index (χ4n) is 0.986. The van der Waals surface area contributed by atoms with Crippen LogP contribution in [0.15, 0.2) is 22.7 Å². The number of Topliss-reactive ketones (excluding diaryl/α,β-unsaturated/α-hetero) is 1. The molecule has 0 aliphatic carbocycles. The van der Waals surface area contributed by atoms with Crippen LogP contribution in [0.25, 0.3) is 0 Å². The molecule has 14 heavy (non-hydrogen) atoms. The Balaban J connectivity index is 2.93. The molecule has 0 N–H and O–H groups in total. The third-order valence-corrected chi connectivity index (χ3v) is 2.29. The lowest BCUT2D eigenvalue weighted by molar-refractivity contribution is 0.0998. The molecule has 0 fully saturated rings. The van der Waals surface area contributed by atoms with E-state index in [1.807, 2.05) is 0 Å². The summed E-state index contributed by atoms with van der Waals surface area (Å²) < 4.78 is 0.804. The molecule has 0 saturated heterocycles. The normalized spacial score (nSPS) is 9.07. The van der Waals surface area contributed by atoms with Crippen LogP contribution in [0.4, 0.5) is 0 Å². The second-order valence-corrected chi connectivity index (χ2v) is 4.04. The van der Waals surface area contributed by atoms with E-state index in [4.69, 9.17) is 11.6 Å². The van der Waals surface area contributed by atoms with Crippen molar-refractivity contribution in [2.75, 3.05) is 0 Å². The van der Waals surface area contributed by atoms with Crippen molar-refractivity contribution in [2.24, 2.45) is 0 Å². The molecule has 1 rings (SSSR count). The summed E-state index contributed by atoms with van der Waals surface area (Å²) in [7, 11) is 0. The van der Waals surface area contributed by atoms with Crippen LogP contribution in [0.2, 0.25) is 5.02 Å². The van der Waals surface area contributed by atoms with Gasteiger partial charge in [0.15, 0.2) is 5.78 Å². The summed E-state index contributed by atoms with van der Waals surface area (Å²) in [6, 6.07) is 5.13. The van der Waals surface area contributed by atoms with E-state index in [1.165, 1.54) is 0 Å². The number of carbonyl (C=O) groups is 1. The van der Waals surface area contributed by atoms with Gasteiger partial charge in [0.25, 0.3) is 0 Å². The summed E-state index contributed by atoms with van der Waals surface area (Å²) in [4.78, 5) is 11.5. The highest BCUT2D eigenvalue weighted by Crippen LogP contribution is 2.20. The molecule has 1 aromatic rings. The van der Waals surface area contributed by atoms with Gasteiger partial charge in [0.05, 0.1) is 6.42 Å². The predicted octanol–water partition coefficient (Wildman–Crippen LogP) is 3.70. The Hall–Kier alpha value is -0.780. The standard InChI is InChI=1S/C11H8BrClO/c1-2-3-4-11(14)8-5-9(12)7-10(13)6-8/h5-7H,4H2,1H3. The molecule has 0 heterocycles. The molecule has 3 heteroatoms. The Kier molecular flexibility index (Phi) is 4.19. The highest BCUT2D eigenvalue weighted by Gasteiger charge is 2.05. The first kappa shape index (κ1) is 11.3. The van der Waals surface area contributed by atoms with Crippen LogP contribution in [0.1, 0.15) is 23.7 Å². The number of benzene rings is 1. The third kappa shape index (κ3) is 3.17. The maximum atomic E-state index is 11.5. The summed E-state index contributed by atoms with van der Waals surface area (Å²) >= 11 is 9.09. The lowest BCUT2D eigenvalue weighted by Crippen LogP contribution is -1.97. The van der Waals surface area contributed by atoms with Gasteiger partial charge in [0.1, 0.15) is 0 Å². The van der Waals surface area contributed by atoms with Gasteiger partial charge in [0.2, 0.25) is 0 Å². The van der Waals surface area contributed by atoms with Crippen molar-refractivity contribution in [3.05, 3.63) is 33.3 Å². The second kappa shape index (κ2) is 5.19. The van der Waals surface area contributed by atoms with E-state index < -0.39 is 0 Å². The third-order valence-electron chi connectivity index (χ3n) is 1.61. The zero-order valence-electron chi connectivity index (χ0n) is 7.60. The maximum absolute atomic E-state index is 11.5. The lowest BCUT2D eigenvalue weighted by atomic mass is 10.1. The monoisotopic (exact) mass is 270 g/mol. The minimum absolute atomic E-state index is 0.0115. The Labute approximate surface area is 96.6 Å². The summed E-state index contributed by atoms with van der Waals surface area (Å²) in [5, 5.41) is 0.548. The lowest BCUT2D eigenvalue weighted by Gasteiger charge is -1.99. The van der Waals surface area contributed by atoms with E-state index in [1.54, 1.807) is 25.1 Å². The van der Waals surface area contributed by atoms with Gasteiger partial charge >= 0.3 is 0 Å². The number of hydrogen-bond donors (Lipinski definition) is 0. The van der Waals surface area contributed by atoms with Gasteiger partial charge in [-0.1, -0.05) is 33.5 Å². The molecule has 0 amide bonds. The Morgan fingerprint density at radius 1 is 1.50 bits per heavy atom. The summed E-state index contributed by atoms with van der Waals surface area (Å²) in [5.74, 6) is 5.40. The first-order valence-corrected chi connectivity index (χ1v) is 5.19. The van der Waals surface area contributed by atoms with Gasteiger partial charge in [-0.2, -0.15) is 0 Å². The van der Waals surface area contributed by atoms with Gasteiger partial charge in [0, 0.05) is 15.1 Å². The maximum Gasteiger partial charge on any atom is 0.174 e. The SMILES string of the molecule is CC#CCC(=O)c1cc(Cl)cc(Br)c1. The second-order valence-electron chi connectivity index (χ2n) is 2.68. The molecule has 0 aliphatic heterocycles. The minimum Gasteiger partial charge on any atom is -0.293 e. The molecule has 72 valence electrons. The van der Waals surface area contributed by atoms with Crippen LogP contribution in [0, 0.1) is 11.8 Å². The molecule has 1 aromatic carbocycles. The van der Waals surface area contributed by atoms with E-state index in [0.29, 0.717) is 10.6 Å². The number of rotatable bonds is 2. The van der Waals surface area contributed by atoms with Crippen LogP contribution in [-0.4, -0.2) is 5.78 Å². The highest BCUT2D eigenvalue weighted by molar-refractivity contribution is 9.10. The van der Waals surface area contributed by atoms with Crippen LogP contribution in [0.5, 0.6) is 0 Å². The van der Waals surface area contributed by atoms with Crippen LogP contribution >= 0.6 is 27.5 Å². The van der Waals surface area contributed by atoms with E-state index >= 15 is 0 Å². The van der Waals surface area contributed by atoms with Crippen molar-refractivity contribution < 1.29 is 4.79 Å². The van der Waals surface area contributed by atoms with Gasteiger partial charge in [-0.05, 0) is 25.1 Å². The molecule has 0 spiro atoms. The first-order valence-electron chi connectivity index (χ1n) is 4.02. The minimum atomic E-state index is -0.0115. The van der Waals surface area contributed by atoms with Crippen molar-refractivity contribution in [1.29, 1.82) is 0 Å². The molecule has 0 unspecified atom stereocenters. The molecule has 0 aromatic heterocycles. The van der Waals surface area contributed by atoms with Crippen LogP contribution in [0.3, 0.4) is 0 Å². The van der Waals surface area contributed by atoms with Gasteiger partial charge in [-0.25, -0.2) is 0 Å². The van der Waals surface area contributed by atoms with E-state index in [9.17, 15) is 4.79 Å². The molecule has 0 aliphatic rings. The molecular weight excluding hydrogens is 263 g/mol. The van der Waals surface area contributed by atoms with Crippen molar-refractivity contribution in [2.45, 2.75) is 13.3 Å². The molecule has 0 saturated carbocycles. The van der Waals surface area contributed by atoms with Crippen molar-refractivity contribution in [1.82, 2.24) is 0 Å². The average Bonchev–Trinajstić information content (AvgIpc) is 2.12. The largest absolute Gasteiger partial charge is 0.293 e. The molecular formula is C11H8BrClO. The molecule has 0 radical (unpaired) electrons. The fraction of sp³-hybridized carbons (Fsp3) is 0.182. The van der Waals surface area contributed by atoms with E-state index in [0.717, 1.165) is 4.47 Å². The number of halogens is 2. The van der Waals surface area contributed by atoms with Crippen molar-refractivity contribution in [3.63, 3.8) is 0 Å². The smallest absolute Gasteiger partial charge is 0.174 e. The van der Waals surface area contributed by atoms with E-state index in [-0.39, 0.29) is 12.2 Å². The number of hydrogen-bond acceptors (Lipinski definition) is 1. The Morgan fingerprint density at radius 3 is 2.79 bits per heavy atom. The number of carbonyl (C=O) groups excluding carboxylic acids is 1. The van der Waals surface area contributed by atoms with Crippen molar-refractivity contribution in [3.8, 4) is 11.8 Å². The highest BCUT2D eigenvalue weighted by atomic mass is 79.9. The topological polar surface area (TPSA) is 17.1 Å². The molecule has 0 bridgehead atoms. The summed E-state index contributed by atoms with van der Waals surface area (Å²) in [5.41, 5.74) is 0.590. The van der Waals surface area contributed by atoms with Crippen LogP contribution < -0.4 is 0 Å². The summed E-state index contributed by atoms with van der Waals surface area (Å²) in [6.45, 7) is 1.71.